The highest BCUT2D eigenvalue weighted by Crippen LogP contribution is 2.41. The van der Waals surface area contributed by atoms with Crippen LogP contribution in [-0.4, -0.2) is 0 Å². The van der Waals surface area contributed by atoms with E-state index in [4.69, 9.17) is 8.83 Å². The Hall–Kier alpha value is -5.08. The molecule has 184 valence electrons. The molecule has 0 spiro atoms. The lowest BCUT2D eigenvalue weighted by molar-refractivity contribution is 0.670. The Morgan fingerprint density at radius 2 is 0.846 bits per heavy atom. The topological polar surface area (TPSA) is 26.3 Å². The molecule has 39 heavy (non-hydrogen) atoms. The molecule has 0 bridgehead atoms. The van der Waals surface area contributed by atoms with E-state index < -0.39 is 0 Å². The van der Waals surface area contributed by atoms with Crippen molar-refractivity contribution in [3.05, 3.63) is 133 Å². The Morgan fingerprint density at radius 3 is 1.38 bits per heavy atom. The van der Waals surface area contributed by atoms with Crippen LogP contribution in [0.25, 0.3) is 77.3 Å². The van der Waals surface area contributed by atoms with Gasteiger partial charge in [0.15, 0.2) is 0 Å². The smallest absolute Gasteiger partial charge is 0.143 e. The summed E-state index contributed by atoms with van der Waals surface area (Å²) in [7, 11) is 0. The molecule has 0 atom stereocenters. The molecule has 2 aromatic heterocycles. The number of hydrogen-bond donors (Lipinski definition) is 0. The van der Waals surface area contributed by atoms with Gasteiger partial charge in [0.25, 0.3) is 0 Å². The number of hydrogen-bond acceptors (Lipinski definition) is 2. The van der Waals surface area contributed by atoms with Gasteiger partial charge in [-0.05, 0) is 59.5 Å². The molecular formula is C37H24O2. The molecule has 0 unspecified atom stereocenters. The highest BCUT2D eigenvalue weighted by Gasteiger charge is 2.17. The summed E-state index contributed by atoms with van der Waals surface area (Å²) in [5.74, 6) is 0. The maximum Gasteiger partial charge on any atom is 0.143 e. The van der Waals surface area contributed by atoms with Gasteiger partial charge in [-0.15, -0.1) is 0 Å². The van der Waals surface area contributed by atoms with Crippen molar-refractivity contribution >= 4 is 43.9 Å². The second-order valence-electron chi connectivity index (χ2n) is 10.2. The van der Waals surface area contributed by atoms with Crippen LogP contribution in [-0.2, 0) is 0 Å². The predicted molar refractivity (Wildman–Crippen MR) is 162 cm³/mol. The quantitative estimate of drug-likeness (QED) is 0.241. The SMILES string of the molecule is Cc1ccc(-c2cc(-c3cccc4c3oc3ccccc34)cc(-c3cccc4c3oc3ccccc34)c2)cc1. The summed E-state index contributed by atoms with van der Waals surface area (Å²) in [4.78, 5) is 0. The Balaban J connectivity index is 1.42. The van der Waals surface area contributed by atoms with Gasteiger partial charge in [0.05, 0.1) is 0 Å². The summed E-state index contributed by atoms with van der Waals surface area (Å²) in [5, 5.41) is 4.53. The van der Waals surface area contributed by atoms with Gasteiger partial charge >= 0.3 is 0 Å². The van der Waals surface area contributed by atoms with E-state index >= 15 is 0 Å². The maximum atomic E-state index is 6.44. The fourth-order valence-corrected chi connectivity index (χ4v) is 5.80. The highest BCUT2D eigenvalue weighted by molar-refractivity contribution is 6.11. The molecule has 0 radical (unpaired) electrons. The lowest BCUT2D eigenvalue weighted by Gasteiger charge is -2.12. The fraction of sp³-hybridized carbons (Fsp3) is 0.0270. The van der Waals surface area contributed by atoms with E-state index in [1.165, 1.54) is 11.1 Å². The molecule has 6 aromatic carbocycles. The Bertz CT molecular complexity index is 2040. The molecule has 0 saturated heterocycles. The van der Waals surface area contributed by atoms with Gasteiger partial charge in [-0.3, -0.25) is 0 Å². The van der Waals surface area contributed by atoms with E-state index in [1.54, 1.807) is 0 Å². The van der Waals surface area contributed by atoms with E-state index in [2.05, 4.69) is 110 Å². The van der Waals surface area contributed by atoms with Gasteiger partial charge in [-0.1, -0.05) is 103 Å². The standard InChI is InChI=1S/C37H24O2/c1-23-16-18-24(19-17-23)25-20-26(28-10-6-12-32-30-8-2-4-14-34(30)38-36(28)32)22-27(21-25)29-11-7-13-33-31-9-3-5-15-35(31)39-37(29)33/h2-22H,1H3. The first-order chi connectivity index (χ1) is 19.2. The van der Waals surface area contributed by atoms with E-state index in [0.717, 1.165) is 71.7 Å². The molecule has 0 fully saturated rings. The van der Waals surface area contributed by atoms with Crippen LogP contribution in [0, 0.1) is 6.92 Å². The minimum absolute atomic E-state index is 0.905. The van der Waals surface area contributed by atoms with Crippen LogP contribution in [0.1, 0.15) is 5.56 Å². The molecule has 0 N–H and O–H groups in total. The molecule has 0 amide bonds. The Kier molecular flexibility index (Phi) is 4.77. The first-order valence-corrected chi connectivity index (χ1v) is 13.3. The predicted octanol–water partition coefficient (Wildman–Crippen LogP) is 10.8. The normalized spacial score (nSPS) is 11.7. The zero-order valence-electron chi connectivity index (χ0n) is 21.4. The summed E-state index contributed by atoms with van der Waals surface area (Å²) in [6.45, 7) is 2.12. The van der Waals surface area contributed by atoms with Crippen molar-refractivity contribution in [3.8, 4) is 33.4 Å². The molecule has 2 nitrogen and oxygen atoms in total. The molecular weight excluding hydrogens is 476 g/mol. The lowest BCUT2D eigenvalue weighted by atomic mass is 9.92. The minimum atomic E-state index is 0.905. The zero-order chi connectivity index (χ0) is 25.9. The van der Waals surface area contributed by atoms with Gasteiger partial charge in [-0.2, -0.15) is 0 Å². The van der Waals surface area contributed by atoms with Crippen molar-refractivity contribution in [3.63, 3.8) is 0 Å². The van der Waals surface area contributed by atoms with Gasteiger partial charge in [0.1, 0.15) is 22.3 Å². The van der Waals surface area contributed by atoms with E-state index in [0.29, 0.717) is 0 Å². The van der Waals surface area contributed by atoms with Crippen molar-refractivity contribution < 1.29 is 8.83 Å². The molecule has 0 aliphatic heterocycles. The number of rotatable bonds is 3. The molecule has 0 aliphatic rings. The van der Waals surface area contributed by atoms with Crippen LogP contribution in [0.5, 0.6) is 0 Å². The zero-order valence-corrected chi connectivity index (χ0v) is 21.4. The second-order valence-corrected chi connectivity index (χ2v) is 10.2. The first kappa shape index (κ1) is 22.0. The van der Waals surface area contributed by atoms with Gasteiger partial charge in [-0.25, -0.2) is 0 Å². The monoisotopic (exact) mass is 500 g/mol. The summed E-state index contributed by atoms with van der Waals surface area (Å²) in [6.07, 6.45) is 0. The fourth-order valence-electron chi connectivity index (χ4n) is 5.80. The average Bonchev–Trinajstić information content (AvgIpc) is 3.56. The van der Waals surface area contributed by atoms with Crippen molar-refractivity contribution in [2.75, 3.05) is 0 Å². The largest absolute Gasteiger partial charge is 0.455 e. The van der Waals surface area contributed by atoms with Crippen molar-refractivity contribution in [1.82, 2.24) is 0 Å². The third-order valence-corrected chi connectivity index (χ3v) is 7.75. The summed E-state index contributed by atoms with van der Waals surface area (Å²) in [6, 6.07) is 44.9. The number of benzene rings is 6. The number of furan rings is 2. The highest BCUT2D eigenvalue weighted by atomic mass is 16.3. The van der Waals surface area contributed by atoms with Crippen molar-refractivity contribution in [2.24, 2.45) is 0 Å². The number of para-hydroxylation sites is 4. The van der Waals surface area contributed by atoms with Crippen LogP contribution in [0.3, 0.4) is 0 Å². The van der Waals surface area contributed by atoms with Crippen LogP contribution in [0.2, 0.25) is 0 Å². The van der Waals surface area contributed by atoms with Gasteiger partial charge < -0.3 is 8.83 Å². The van der Waals surface area contributed by atoms with E-state index in [-0.39, 0.29) is 0 Å². The van der Waals surface area contributed by atoms with Gasteiger partial charge in [0.2, 0.25) is 0 Å². The molecule has 2 heterocycles. The van der Waals surface area contributed by atoms with Crippen LogP contribution in [0.15, 0.2) is 136 Å². The van der Waals surface area contributed by atoms with E-state index in [1.807, 2.05) is 24.3 Å². The third-order valence-electron chi connectivity index (χ3n) is 7.75. The molecule has 8 aromatic rings. The second kappa shape index (κ2) is 8.47. The van der Waals surface area contributed by atoms with Crippen molar-refractivity contribution in [1.29, 1.82) is 0 Å². The lowest BCUT2D eigenvalue weighted by Crippen LogP contribution is -1.87. The van der Waals surface area contributed by atoms with Crippen LogP contribution in [0.4, 0.5) is 0 Å². The Labute approximate surface area is 225 Å². The molecule has 0 saturated carbocycles. The molecule has 2 heteroatoms. The van der Waals surface area contributed by atoms with Crippen LogP contribution >= 0.6 is 0 Å². The molecule has 0 aliphatic carbocycles. The molecule has 8 rings (SSSR count). The van der Waals surface area contributed by atoms with Crippen molar-refractivity contribution in [2.45, 2.75) is 6.92 Å². The van der Waals surface area contributed by atoms with Crippen LogP contribution < -0.4 is 0 Å². The maximum absolute atomic E-state index is 6.44. The minimum Gasteiger partial charge on any atom is -0.455 e. The summed E-state index contributed by atoms with van der Waals surface area (Å²) < 4.78 is 12.9. The van der Waals surface area contributed by atoms with E-state index in [9.17, 15) is 0 Å². The summed E-state index contributed by atoms with van der Waals surface area (Å²) >= 11 is 0. The average molecular weight is 501 g/mol. The Morgan fingerprint density at radius 1 is 0.385 bits per heavy atom. The first-order valence-electron chi connectivity index (χ1n) is 13.3. The number of aryl methyl sites for hydroxylation is 1. The number of fused-ring (bicyclic) bond motifs is 6. The third kappa shape index (κ3) is 3.49. The van der Waals surface area contributed by atoms with Gasteiger partial charge in [0, 0.05) is 32.7 Å². The summed E-state index contributed by atoms with van der Waals surface area (Å²) in [5.41, 5.74) is 11.6.